The van der Waals surface area contributed by atoms with Crippen LogP contribution in [-0.4, -0.2) is 52.6 Å². The molecule has 1 aromatic rings. The van der Waals surface area contributed by atoms with Gasteiger partial charge < -0.3 is 14.8 Å². The summed E-state index contributed by atoms with van der Waals surface area (Å²) in [6.07, 6.45) is 9.57. The summed E-state index contributed by atoms with van der Waals surface area (Å²) in [6.45, 7) is 26.5. The molecule has 0 aromatic carbocycles. The predicted molar refractivity (Wildman–Crippen MR) is 222 cm³/mol. The van der Waals surface area contributed by atoms with Crippen LogP contribution in [-0.2, 0) is 28.7 Å². The zero-order valence-electron chi connectivity index (χ0n) is 37.4. The number of hydrogen-bond donors (Lipinski definition) is 1. The third-order valence-corrected chi connectivity index (χ3v) is 18.1. The molecule has 1 amide bonds. The first-order valence-electron chi connectivity index (χ1n) is 22.3. The van der Waals surface area contributed by atoms with E-state index in [1.54, 1.807) is 12.3 Å². The topological polar surface area (TPSA) is 129 Å². The number of pyridine rings is 1. The van der Waals surface area contributed by atoms with E-state index >= 15 is 0 Å². The molecule has 0 saturated heterocycles. The summed E-state index contributed by atoms with van der Waals surface area (Å²) < 4.78 is 11.7. The number of esters is 1. The number of fused-ring (bicyclic) bond motifs is 7. The standard InChI is InChI=1S/C49H70N2O7/c1-28(2)39-34(54)25-49(51-42(56)43(4,5)24-33(53)30-14-13-29(3)50-26-30)22-21-47(11)31(40(39)49)15-16-36-46(10)19-18-37(45(8,9)35(46)17-20-48(36,47)12)58-41(55)32-23-38(57-27-52)44(32,6)7/h13-14,26-28,31-32,35-38H,15-25H2,1-12H3,(H,51,56)/t31-,32-,35+,36-,37+,38-,46+,47-,48-,49-/m1/s1. The molecular formula is C49H70N2O7. The van der Waals surface area contributed by atoms with Gasteiger partial charge in [-0.15, -0.1) is 0 Å². The Hall–Kier alpha value is -3.36. The van der Waals surface area contributed by atoms with Crippen LogP contribution < -0.4 is 5.32 Å². The van der Waals surface area contributed by atoms with Crippen LogP contribution in [0.3, 0.4) is 0 Å². The molecule has 9 nitrogen and oxygen atoms in total. The Bertz CT molecular complexity index is 1910. The van der Waals surface area contributed by atoms with Crippen LogP contribution in [0.2, 0.25) is 0 Å². The van der Waals surface area contributed by atoms with E-state index in [-0.39, 0.29) is 87.9 Å². The van der Waals surface area contributed by atoms with Crippen molar-refractivity contribution in [3.63, 3.8) is 0 Å². The molecule has 1 aromatic heterocycles. The Labute approximate surface area is 347 Å². The lowest BCUT2D eigenvalue weighted by atomic mass is 9.33. The van der Waals surface area contributed by atoms with Gasteiger partial charge in [0.05, 0.1) is 16.9 Å². The monoisotopic (exact) mass is 799 g/mol. The SMILES string of the molecule is Cc1ccc(C(=O)CC(C)(C)C(=O)N[C@@]23CC[C@]4(C)[C@H](CC[C@@H]5[C@@]6(C)CC[C@H](OC(=O)[C@H]7C[C@@H](OC=O)C7(C)C)C(C)(C)[C@@H]6CC[C@]54C)C2=C(C(C)C)C(=O)C3)cn1. The third-order valence-electron chi connectivity index (χ3n) is 18.1. The average molecular weight is 799 g/mol. The predicted octanol–water partition coefficient (Wildman–Crippen LogP) is 9.34. The van der Waals surface area contributed by atoms with Gasteiger partial charge in [0.25, 0.3) is 6.47 Å². The van der Waals surface area contributed by atoms with E-state index in [1.165, 1.54) is 5.57 Å². The molecule has 0 aliphatic heterocycles. The molecule has 6 aliphatic rings. The minimum Gasteiger partial charge on any atom is -0.464 e. The van der Waals surface area contributed by atoms with E-state index in [0.717, 1.165) is 56.2 Å². The third kappa shape index (κ3) is 6.27. The summed E-state index contributed by atoms with van der Waals surface area (Å²) in [6, 6.07) is 3.59. The maximum absolute atomic E-state index is 14.4. The van der Waals surface area contributed by atoms with Gasteiger partial charge in [0.1, 0.15) is 12.2 Å². The molecule has 5 saturated carbocycles. The van der Waals surface area contributed by atoms with Crippen LogP contribution >= 0.6 is 0 Å². The molecule has 7 rings (SSSR count). The van der Waals surface area contributed by atoms with Gasteiger partial charge in [-0.2, -0.15) is 0 Å². The van der Waals surface area contributed by atoms with Crippen molar-refractivity contribution in [3.05, 3.63) is 40.7 Å². The summed E-state index contributed by atoms with van der Waals surface area (Å²) in [4.78, 5) is 71.0. The molecule has 9 heteroatoms. The number of Topliss-reactive ketones (excluding diaryl/α,β-unsaturated/α-hetero) is 2. The van der Waals surface area contributed by atoms with Crippen LogP contribution in [0.5, 0.6) is 0 Å². The maximum Gasteiger partial charge on any atom is 0.310 e. The van der Waals surface area contributed by atoms with Crippen molar-refractivity contribution < 1.29 is 33.4 Å². The first-order valence-corrected chi connectivity index (χ1v) is 22.3. The van der Waals surface area contributed by atoms with Gasteiger partial charge in [-0.05, 0) is 128 Å². The first-order chi connectivity index (χ1) is 26.9. The number of hydrogen-bond acceptors (Lipinski definition) is 8. The van der Waals surface area contributed by atoms with Crippen molar-refractivity contribution in [3.8, 4) is 0 Å². The summed E-state index contributed by atoms with van der Waals surface area (Å²) in [5.74, 6) is 0.463. The number of nitrogens with zero attached hydrogens (tertiary/aromatic N) is 1. The minimum absolute atomic E-state index is 0.00890. The molecule has 0 radical (unpaired) electrons. The second kappa shape index (κ2) is 14.1. The Morgan fingerprint density at radius 2 is 1.60 bits per heavy atom. The average Bonchev–Trinajstić information content (AvgIpc) is 3.43. The van der Waals surface area contributed by atoms with Gasteiger partial charge in [-0.3, -0.25) is 29.0 Å². The van der Waals surface area contributed by atoms with E-state index in [9.17, 15) is 24.0 Å². The number of allylic oxidation sites excluding steroid dienone is 1. The highest BCUT2D eigenvalue weighted by Gasteiger charge is 2.70. The second-order valence-corrected chi connectivity index (χ2v) is 22.5. The van der Waals surface area contributed by atoms with Gasteiger partial charge in [-0.1, -0.05) is 76.2 Å². The molecule has 1 heterocycles. The number of amides is 1. The molecule has 5 fully saturated rings. The van der Waals surface area contributed by atoms with Crippen LogP contribution in [0.15, 0.2) is 29.5 Å². The Morgan fingerprint density at radius 1 is 0.897 bits per heavy atom. The van der Waals surface area contributed by atoms with Gasteiger partial charge in [-0.25, -0.2) is 0 Å². The van der Waals surface area contributed by atoms with Crippen LogP contribution in [0, 0.1) is 69.0 Å². The highest BCUT2D eigenvalue weighted by Crippen LogP contribution is 2.76. The van der Waals surface area contributed by atoms with Crippen LogP contribution in [0.4, 0.5) is 0 Å². The Balaban J connectivity index is 1.13. The van der Waals surface area contributed by atoms with Crippen molar-refractivity contribution in [2.24, 2.45) is 62.1 Å². The number of rotatable bonds is 10. The van der Waals surface area contributed by atoms with Crippen molar-refractivity contribution in [1.82, 2.24) is 10.3 Å². The summed E-state index contributed by atoms with van der Waals surface area (Å²) in [5.41, 5.74) is 1.03. The number of ether oxygens (including phenoxy) is 2. The fourth-order valence-corrected chi connectivity index (χ4v) is 14.3. The van der Waals surface area contributed by atoms with Gasteiger partial charge in [0.15, 0.2) is 11.6 Å². The van der Waals surface area contributed by atoms with Gasteiger partial charge in [0, 0.05) is 41.1 Å². The molecule has 0 spiro atoms. The fourth-order valence-electron chi connectivity index (χ4n) is 14.3. The largest absolute Gasteiger partial charge is 0.464 e. The zero-order chi connectivity index (χ0) is 42.6. The van der Waals surface area contributed by atoms with E-state index in [0.29, 0.717) is 36.7 Å². The van der Waals surface area contributed by atoms with Crippen molar-refractivity contribution in [1.29, 1.82) is 0 Å². The number of carbonyl (C=O) groups is 5. The van der Waals surface area contributed by atoms with E-state index in [2.05, 4.69) is 58.8 Å². The van der Waals surface area contributed by atoms with E-state index in [4.69, 9.17) is 9.47 Å². The number of nitrogens with one attached hydrogen (secondary N) is 1. The van der Waals surface area contributed by atoms with Gasteiger partial charge >= 0.3 is 5.97 Å². The zero-order valence-corrected chi connectivity index (χ0v) is 37.4. The number of aryl methyl sites for hydroxylation is 1. The molecule has 0 unspecified atom stereocenters. The summed E-state index contributed by atoms with van der Waals surface area (Å²) >= 11 is 0. The number of aromatic nitrogens is 1. The molecule has 10 atom stereocenters. The lowest BCUT2D eigenvalue weighted by Gasteiger charge is -2.72. The smallest absolute Gasteiger partial charge is 0.310 e. The Kier molecular flexibility index (Phi) is 10.4. The van der Waals surface area contributed by atoms with Crippen molar-refractivity contribution in [2.75, 3.05) is 0 Å². The molecule has 318 valence electrons. The lowest BCUT2D eigenvalue weighted by Crippen LogP contribution is -2.67. The van der Waals surface area contributed by atoms with Crippen LogP contribution in [0.1, 0.15) is 163 Å². The lowest BCUT2D eigenvalue weighted by molar-refractivity contribution is -0.236. The molecule has 6 aliphatic carbocycles. The second-order valence-electron chi connectivity index (χ2n) is 22.5. The highest BCUT2D eigenvalue weighted by atomic mass is 16.6. The van der Waals surface area contributed by atoms with E-state index < -0.39 is 16.4 Å². The fraction of sp³-hybridized carbons (Fsp3) is 0.755. The highest BCUT2D eigenvalue weighted by molar-refractivity contribution is 6.03. The number of ketones is 2. The minimum atomic E-state index is -0.982. The normalized spacial score (nSPS) is 38.7. The van der Waals surface area contributed by atoms with Crippen molar-refractivity contribution in [2.45, 2.75) is 171 Å². The summed E-state index contributed by atoms with van der Waals surface area (Å²) in [5, 5.41) is 3.52. The molecule has 58 heavy (non-hydrogen) atoms. The number of carbonyl (C=O) groups excluding carboxylic acids is 5. The summed E-state index contributed by atoms with van der Waals surface area (Å²) in [7, 11) is 0. The van der Waals surface area contributed by atoms with Gasteiger partial charge in [0.2, 0.25) is 5.91 Å². The van der Waals surface area contributed by atoms with Crippen LogP contribution in [0.25, 0.3) is 0 Å². The molecular weight excluding hydrogens is 729 g/mol. The maximum atomic E-state index is 14.4. The quantitative estimate of drug-likeness (QED) is 0.141. The Morgan fingerprint density at radius 3 is 2.22 bits per heavy atom. The van der Waals surface area contributed by atoms with Crippen molar-refractivity contribution >= 4 is 29.9 Å². The molecule has 1 N–H and O–H groups in total. The first kappa shape index (κ1) is 42.8. The molecule has 0 bridgehead atoms. The van der Waals surface area contributed by atoms with E-state index in [1.807, 2.05) is 40.7 Å².